The van der Waals surface area contributed by atoms with Gasteiger partial charge in [0.2, 0.25) is 0 Å². The summed E-state index contributed by atoms with van der Waals surface area (Å²) in [5, 5.41) is 5.84. The second kappa shape index (κ2) is 7.04. The van der Waals surface area contributed by atoms with Crippen LogP contribution in [-0.4, -0.2) is 18.7 Å². The van der Waals surface area contributed by atoms with Gasteiger partial charge in [-0.3, -0.25) is 4.79 Å². The number of nitrogens with one attached hydrogen (secondary N) is 1. The summed E-state index contributed by atoms with van der Waals surface area (Å²) in [5.41, 5.74) is 5.70. The lowest BCUT2D eigenvalue weighted by atomic mass is 10.1. The topological polar surface area (TPSA) is 50.7 Å². The lowest BCUT2D eigenvalue weighted by Gasteiger charge is -2.12. The van der Waals surface area contributed by atoms with Crippen LogP contribution in [0.25, 0.3) is 0 Å². The van der Waals surface area contributed by atoms with Crippen molar-refractivity contribution in [1.29, 1.82) is 0 Å². The van der Waals surface area contributed by atoms with Crippen molar-refractivity contribution in [1.82, 2.24) is 5.43 Å². The summed E-state index contributed by atoms with van der Waals surface area (Å²) in [7, 11) is 0. The van der Waals surface area contributed by atoms with E-state index in [0.717, 1.165) is 21.8 Å². The van der Waals surface area contributed by atoms with Crippen LogP contribution in [0.4, 0.5) is 0 Å². The van der Waals surface area contributed by atoms with Crippen molar-refractivity contribution in [2.24, 2.45) is 5.10 Å². The van der Waals surface area contributed by atoms with Crippen LogP contribution in [0.3, 0.4) is 0 Å². The number of carbonyl (C=O) groups excluding carboxylic acids is 1. The monoisotopic (exact) mass is 302 g/mol. The van der Waals surface area contributed by atoms with Gasteiger partial charge < -0.3 is 4.74 Å². The number of amides is 1. The summed E-state index contributed by atoms with van der Waals surface area (Å²) in [6, 6.07) is 7.93. The first kappa shape index (κ1) is 15.3. The number of hydrazone groups is 1. The quantitative estimate of drug-likeness (QED) is 0.681. The van der Waals surface area contributed by atoms with Crippen LogP contribution < -0.4 is 10.2 Å². The zero-order valence-corrected chi connectivity index (χ0v) is 13.2. The van der Waals surface area contributed by atoms with Crippen molar-refractivity contribution in [3.63, 3.8) is 0 Å². The third kappa shape index (κ3) is 4.43. The minimum absolute atomic E-state index is 0.0491. The van der Waals surface area contributed by atoms with Crippen molar-refractivity contribution in [3.05, 3.63) is 51.2 Å². The number of ether oxygens (including phenoxy) is 1. The van der Waals surface area contributed by atoms with E-state index in [0.29, 0.717) is 0 Å². The molecular weight excluding hydrogens is 284 g/mol. The standard InChI is InChI=1S/C16H18N2O2S/c1-11-7-12(2)16(13(3)8-11)20-10-15(19)18-17-9-14-5-4-6-21-14/h4-9H,10H2,1-3H3,(H,18,19). The molecule has 0 aliphatic rings. The second-order valence-electron chi connectivity index (χ2n) is 4.83. The molecule has 0 saturated heterocycles. The summed E-state index contributed by atoms with van der Waals surface area (Å²) < 4.78 is 5.59. The van der Waals surface area contributed by atoms with Gasteiger partial charge in [0, 0.05) is 4.88 Å². The lowest BCUT2D eigenvalue weighted by Crippen LogP contribution is -2.25. The third-order valence-corrected chi connectivity index (χ3v) is 3.68. The molecule has 0 aliphatic carbocycles. The average Bonchev–Trinajstić information content (AvgIpc) is 2.90. The molecule has 110 valence electrons. The van der Waals surface area contributed by atoms with E-state index < -0.39 is 0 Å². The molecule has 4 nitrogen and oxygen atoms in total. The van der Waals surface area contributed by atoms with Gasteiger partial charge in [-0.2, -0.15) is 5.10 Å². The minimum atomic E-state index is -0.276. The molecule has 0 radical (unpaired) electrons. The van der Waals surface area contributed by atoms with E-state index in [1.54, 1.807) is 17.6 Å². The Morgan fingerprint density at radius 2 is 2.05 bits per heavy atom. The zero-order chi connectivity index (χ0) is 15.2. The van der Waals surface area contributed by atoms with Crippen LogP contribution in [0.1, 0.15) is 21.6 Å². The van der Waals surface area contributed by atoms with E-state index in [1.165, 1.54) is 5.56 Å². The highest BCUT2D eigenvalue weighted by Crippen LogP contribution is 2.24. The predicted molar refractivity (Wildman–Crippen MR) is 86.2 cm³/mol. The lowest BCUT2D eigenvalue weighted by molar-refractivity contribution is -0.123. The molecule has 0 spiro atoms. The summed E-state index contributed by atoms with van der Waals surface area (Å²) in [5.74, 6) is 0.486. The maximum Gasteiger partial charge on any atom is 0.277 e. The molecule has 5 heteroatoms. The summed E-state index contributed by atoms with van der Waals surface area (Å²) in [6.07, 6.45) is 1.62. The molecule has 2 aromatic rings. The Balaban J connectivity index is 1.87. The number of carbonyl (C=O) groups is 1. The van der Waals surface area contributed by atoms with Gasteiger partial charge in [-0.1, -0.05) is 23.8 Å². The number of benzene rings is 1. The first-order valence-corrected chi connectivity index (χ1v) is 7.50. The Morgan fingerprint density at radius 1 is 1.33 bits per heavy atom. The molecule has 0 bridgehead atoms. The molecule has 1 heterocycles. The largest absolute Gasteiger partial charge is 0.483 e. The molecule has 1 N–H and O–H groups in total. The molecule has 2 rings (SSSR count). The van der Waals surface area contributed by atoms with Crippen LogP contribution in [0.5, 0.6) is 5.75 Å². The van der Waals surface area contributed by atoms with Crippen LogP contribution in [0.2, 0.25) is 0 Å². The molecule has 21 heavy (non-hydrogen) atoms. The van der Waals surface area contributed by atoms with E-state index >= 15 is 0 Å². The Kier molecular flexibility index (Phi) is 5.11. The Hall–Kier alpha value is -2.14. The number of hydrogen-bond acceptors (Lipinski definition) is 4. The highest BCUT2D eigenvalue weighted by atomic mass is 32.1. The van der Waals surface area contributed by atoms with Gasteiger partial charge in [0.05, 0.1) is 6.21 Å². The van der Waals surface area contributed by atoms with Crippen molar-refractivity contribution < 1.29 is 9.53 Å². The molecule has 0 fully saturated rings. The third-order valence-electron chi connectivity index (χ3n) is 2.88. The van der Waals surface area contributed by atoms with E-state index in [9.17, 15) is 4.79 Å². The number of thiophene rings is 1. The molecule has 0 aliphatic heterocycles. The minimum Gasteiger partial charge on any atom is -0.483 e. The van der Waals surface area contributed by atoms with Gasteiger partial charge in [0.1, 0.15) is 5.75 Å². The van der Waals surface area contributed by atoms with E-state index in [4.69, 9.17) is 4.74 Å². The van der Waals surface area contributed by atoms with Gasteiger partial charge in [-0.15, -0.1) is 11.3 Å². The van der Waals surface area contributed by atoms with Gasteiger partial charge >= 0.3 is 0 Å². The van der Waals surface area contributed by atoms with Crippen LogP contribution in [0, 0.1) is 20.8 Å². The molecular formula is C16H18N2O2S. The predicted octanol–water partition coefficient (Wildman–Crippen LogP) is 3.20. The molecule has 1 amide bonds. The second-order valence-corrected chi connectivity index (χ2v) is 5.80. The summed E-state index contributed by atoms with van der Waals surface area (Å²) >= 11 is 1.56. The zero-order valence-electron chi connectivity index (χ0n) is 12.3. The van der Waals surface area contributed by atoms with Crippen molar-refractivity contribution in [2.45, 2.75) is 20.8 Å². The fraction of sp³-hybridized carbons (Fsp3) is 0.250. The number of hydrogen-bond donors (Lipinski definition) is 1. The molecule has 0 atom stereocenters. The number of nitrogens with zero attached hydrogens (tertiary/aromatic N) is 1. The first-order chi connectivity index (χ1) is 10.1. The van der Waals surface area contributed by atoms with Crippen LogP contribution >= 0.6 is 11.3 Å². The molecule has 1 aromatic heterocycles. The van der Waals surface area contributed by atoms with E-state index in [1.807, 2.05) is 50.4 Å². The normalized spacial score (nSPS) is 10.8. The number of rotatable bonds is 5. The smallest absolute Gasteiger partial charge is 0.277 e. The summed E-state index contributed by atoms with van der Waals surface area (Å²) in [6.45, 7) is 5.94. The molecule has 0 unspecified atom stereocenters. The van der Waals surface area contributed by atoms with Crippen LogP contribution in [0.15, 0.2) is 34.7 Å². The van der Waals surface area contributed by atoms with Gasteiger partial charge in [-0.25, -0.2) is 5.43 Å². The van der Waals surface area contributed by atoms with E-state index in [2.05, 4.69) is 10.5 Å². The number of aryl methyl sites for hydroxylation is 3. The van der Waals surface area contributed by atoms with Crippen LogP contribution in [-0.2, 0) is 4.79 Å². The fourth-order valence-electron chi connectivity index (χ4n) is 2.10. The highest BCUT2D eigenvalue weighted by Gasteiger charge is 2.07. The first-order valence-electron chi connectivity index (χ1n) is 6.62. The van der Waals surface area contributed by atoms with Crippen molar-refractivity contribution >= 4 is 23.5 Å². The Labute approximate surface area is 128 Å². The van der Waals surface area contributed by atoms with Gasteiger partial charge in [0.25, 0.3) is 5.91 Å². The van der Waals surface area contributed by atoms with Gasteiger partial charge in [-0.05, 0) is 43.3 Å². The molecule has 0 saturated carbocycles. The highest BCUT2D eigenvalue weighted by molar-refractivity contribution is 7.11. The fourth-order valence-corrected chi connectivity index (χ4v) is 2.68. The molecule has 1 aromatic carbocycles. The SMILES string of the molecule is Cc1cc(C)c(OCC(=O)NN=Cc2cccs2)c(C)c1. The Morgan fingerprint density at radius 3 is 2.67 bits per heavy atom. The van der Waals surface area contributed by atoms with Gasteiger partial charge in [0.15, 0.2) is 6.61 Å². The average molecular weight is 302 g/mol. The Bertz CT molecular complexity index is 625. The van der Waals surface area contributed by atoms with E-state index in [-0.39, 0.29) is 12.5 Å². The maximum atomic E-state index is 11.7. The van der Waals surface area contributed by atoms with Crippen molar-refractivity contribution in [2.75, 3.05) is 6.61 Å². The maximum absolute atomic E-state index is 11.7. The summed E-state index contributed by atoms with van der Waals surface area (Å²) in [4.78, 5) is 12.7. The van der Waals surface area contributed by atoms with Crippen molar-refractivity contribution in [3.8, 4) is 5.75 Å².